The van der Waals surface area contributed by atoms with E-state index in [1.54, 1.807) is 23.0 Å². The third kappa shape index (κ3) is 4.12. The van der Waals surface area contributed by atoms with Gasteiger partial charge in [0, 0.05) is 34.9 Å². The number of halogens is 2. The standard InChI is InChI=1S/C13H15BrFN3O/c14-12-1-2-13(15)11(5-12)8-16-6-10-7-17-18(9-10)3-4-19/h1-2,5,7,9,16,19H,3-4,6,8H2. The highest BCUT2D eigenvalue weighted by Crippen LogP contribution is 2.15. The maximum absolute atomic E-state index is 13.5. The van der Waals surface area contributed by atoms with Crippen molar-refractivity contribution in [1.82, 2.24) is 15.1 Å². The third-order valence-corrected chi connectivity index (χ3v) is 3.16. The molecule has 0 aliphatic carbocycles. The molecule has 0 saturated carbocycles. The van der Waals surface area contributed by atoms with Crippen LogP contribution in [0.4, 0.5) is 4.39 Å². The lowest BCUT2D eigenvalue weighted by Crippen LogP contribution is -2.13. The van der Waals surface area contributed by atoms with E-state index in [9.17, 15) is 4.39 Å². The molecule has 0 atom stereocenters. The van der Waals surface area contributed by atoms with Crippen molar-refractivity contribution in [2.75, 3.05) is 6.61 Å². The molecule has 6 heteroatoms. The molecule has 0 amide bonds. The van der Waals surface area contributed by atoms with E-state index >= 15 is 0 Å². The molecule has 0 unspecified atom stereocenters. The Balaban J connectivity index is 1.87. The van der Waals surface area contributed by atoms with E-state index in [4.69, 9.17) is 5.11 Å². The van der Waals surface area contributed by atoms with Gasteiger partial charge in [-0.1, -0.05) is 15.9 Å². The zero-order chi connectivity index (χ0) is 13.7. The Kier molecular flexibility index (Phi) is 5.07. The molecule has 2 aromatic rings. The quantitative estimate of drug-likeness (QED) is 0.854. The van der Waals surface area contributed by atoms with Crippen LogP contribution in [0.25, 0.3) is 0 Å². The van der Waals surface area contributed by atoms with E-state index in [0.717, 1.165) is 10.0 Å². The first-order chi connectivity index (χ1) is 9.19. The molecular weight excluding hydrogens is 313 g/mol. The largest absolute Gasteiger partial charge is 0.394 e. The van der Waals surface area contributed by atoms with Gasteiger partial charge in [0.25, 0.3) is 0 Å². The van der Waals surface area contributed by atoms with E-state index in [2.05, 4.69) is 26.3 Å². The topological polar surface area (TPSA) is 50.1 Å². The smallest absolute Gasteiger partial charge is 0.127 e. The lowest BCUT2D eigenvalue weighted by atomic mass is 10.2. The second-order valence-electron chi connectivity index (χ2n) is 4.17. The molecule has 1 heterocycles. The number of aromatic nitrogens is 2. The van der Waals surface area contributed by atoms with Crippen LogP contribution in [0.3, 0.4) is 0 Å². The van der Waals surface area contributed by atoms with Crippen molar-refractivity contribution >= 4 is 15.9 Å². The van der Waals surface area contributed by atoms with Crippen LogP contribution in [0.15, 0.2) is 35.1 Å². The molecule has 0 aliphatic rings. The molecule has 0 spiro atoms. The number of aliphatic hydroxyl groups is 1. The maximum atomic E-state index is 13.5. The van der Waals surface area contributed by atoms with Crippen molar-refractivity contribution in [2.45, 2.75) is 19.6 Å². The van der Waals surface area contributed by atoms with Gasteiger partial charge in [-0.3, -0.25) is 4.68 Å². The Hall–Kier alpha value is -1.24. The Morgan fingerprint density at radius 3 is 3.00 bits per heavy atom. The summed E-state index contributed by atoms with van der Waals surface area (Å²) in [4.78, 5) is 0. The van der Waals surface area contributed by atoms with Crippen molar-refractivity contribution in [3.05, 3.63) is 52.0 Å². The highest BCUT2D eigenvalue weighted by Gasteiger charge is 2.03. The Morgan fingerprint density at radius 2 is 2.21 bits per heavy atom. The zero-order valence-electron chi connectivity index (χ0n) is 10.3. The SMILES string of the molecule is OCCn1cc(CNCc2cc(Br)ccc2F)cn1. The molecule has 0 radical (unpaired) electrons. The Bertz CT molecular complexity index is 544. The summed E-state index contributed by atoms with van der Waals surface area (Å²) >= 11 is 3.32. The molecule has 2 N–H and O–H groups in total. The molecule has 4 nitrogen and oxygen atoms in total. The highest BCUT2D eigenvalue weighted by atomic mass is 79.9. The van der Waals surface area contributed by atoms with Gasteiger partial charge in [0.05, 0.1) is 19.3 Å². The van der Waals surface area contributed by atoms with E-state index in [1.807, 2.05) is 6.20 Å². The van der Waals surface area contributed by atoms with Crippen LogP contribution in [-0.4, -0.2) is 21.5 Å². The lowest BCUT2D eigenvalue weighted by Gasteiger charge is -2.05. The first-order valence-electron chi connectivity index (χ1n) is 5.96. The van der Waals surface area contributed by atoms with Crippen LogP contribution in [0.5, 0.6) is 0 Å². The number of hydrogen-bond donors (Lipinski definition) is 2. The normalized spacial score (nSPS) is 10.9. The summed E-state index contributed by atoms with van der Waals surface area (Å²) in [7, 11) is 0. The molecule has 2 rings (SSSR count). The van der Waals surface area contributed by atoms with Crippen LogP contribution in [0, 0.1) is 5.82 Å². The monoisotopic (exact) mass is 327 g/mol. The summed E-state index contributed by atoms with van der Waals surface area (Å²) in [5.74, 6) is -0.216. The number of aliphatic hydroxyl groups excluding tert-OH is 1. The number of nitrogens with zero attached hydrogens (tertiary/aromatic N) is 2. The van der Waals surface area contributed by atoms with Crippen molar-refractivity contribution < 1.29 is 9.50 Å². The third-order valence-electron chi connectivity index (χ3n) is 2.67. The van der Waals surface area contributed by atoms with Gasteiger partial charge < -0.3 is 10.4 Å². The van der Waals surface area contributed by atoms with Gasteiger partial charge >= 0.3 is 0 Å². The van der Waals surface area contributed by atoms with Crippen molar-refractivity contribution in [1.29, 1.82) is 0 Å². The van der Waals surface area contributed by atoms with Gasteiger partial charge in [0.2, 0.25) is 0 Å². The summed E-state index contributed by atoms with van der Waals surface area (Å²) in [6, 6.07) is 4.88. The van der Waals surface area contributed by atoms with Crippen LogP contribution >= 0.6 is 15.9 Å². The fraction of sp³-hybridized carbons (Fsp3) is 0.308. The van der Waals surface area contributed by atoms with Crippen LogP contribution in [0.1, 0.15) is 11.1 Å². The summed E-state index contributed by atoms with van der Waals surface area (Å²) in [6.45, 7) is 1.62. The molecule has 0 aliphatic heterocycles. The number of benzene rings is 1. The average molecular weight is 328 g/mol. The van der Waals surface area contributed by atoms with Gasteiger partial charge in [-0.05, 0) is 18.2 Å². The molecule has 0 fully saturated rings. The first-order valence-corrected chi connectivity index (χ1v) is 6.75. The van der Waals surface area contributed by atoms with Crippen molar-refractivity contribution in [2.24, 2.45) is 0 Å². The minimum absolute atomic E-state index is 0.0673. The molecule has 0 saturated heterocycles. The Morgan fingerprint density at radius 1 is 1.37 bits per heavy atom. The number of rotatable bonds is 6. The minimum atomic E-state index is -0.216. The van der Waals surface area contributed by atoms with Gasteiger partial charge in [0.1, 0.15) is 5.82 Å². The van der Waals surface area contributed by atoms with E-state index in [1.165, 1.54) is 6.07 Å². The Labute approximate surface area is 119 Å². The zero-order valence-corrected chi connectivity index (χ0v) is 11.9. The summed E-state index contributed by atoms with van der Waals surface area (Å²) in [5.41, 5.74) is 1.63. The second-order valence-corrected chi connectivity index (χ2v) is 5.09. The predicted molar refractivity (Wildman–Crippen MR) is 74.0 cm³/mol. The molecule has 19 heavy (non-hydrogen) atoms. The molecule has 1 aromatic carbocycles. The van der Waals surface area contributed by atoms with E-state index in [-0.39, 0.29) is 12.4 Å². The van der Waals surface area contributed by atoms with Gasteiger partial charge in [-0.15, -0.1) is 0 Å². The minimum Gasteiger partial charge on any atom is -0.394 e. The lowest BCUT2D eigenvalue weighted by molar-refractivity contribution is 0.269. The van der Waals surface area contributed by atoms with Crippen molar-refractivity contribution in [3.8, 4) is 0 Å². The second kappa shape index (κ2) is 6.79. The maximum Gasteiger partial charge on any atom is 0.127 e. The van der Waals surface area contributed by atoms with Crippen LogP contribution in [0.2, 0.25) is 0 Å². The van der Waals surface area contributed by atoms with Crippen molar-refractivity contribution in [3.63, 3.8) is 0 Å². The average Bonchev–Trinajstić information content (AvgIpc) is 2.82. The number of nitrogens with one attached hydrogen (secondary N) is 1. The predicted octanol–water partition coefficient (Wildman–Crippen LogP) is 2.07. The van der Waals surface area contributed by atoms with Gasteiger partial charge in [0.15, 0.2) is 0 Å². The van der Waals surface area contributed by atoms with Gasteiger partial charge in [-0.25, -0.2) is 4.39 Å². The molecular formula is C13H15BrFN3O. The fourth-order valence-corrected chi connectivity index (χ4v) is 2.15. The molecule has 102 valence electrons. The highest BCUT2D eigenvalue weighted by molar-refractivity contribution is 9.10. The summed E-state index contributed by atoms with van der Waals surface area (Å²) in [5, 5.41) is 16.1. The molecule has 0 bridgehead atoms. The summed E-state index contributed by atoms with van der Waals surface area (Å²) < 4.78 is 16.0. The summed E-state index contributed by atoms with van der Waals surface area (Å²) in [6.07, 6.45) is 3.60. The first kappa shape index (κ1) is 14.2. The van der Waals surface area contributed by atoms with E-state index < -0.39 is 0 Å². The fourth-order valence-electron chi connectivity index (χ4n) is 1.74. The van der Waals surface area contributed by atoms with Crippen LogP contribution in [-0.2, 0) is 19.6 Å². The van der Waals surface area contributed by atoms with Gasteiger partial charge in [-0.2, -0.15) is 5.10 Å². The van der Waals surface area contributed by atoms with E-state index in [0.29, 0.717) is 25.2 Å². The van der Waals surface area contributed by atoms with Crippen LogP contribution < -0.4 is 5.32 Å². The number of hydrogen-bond acceptors (Lipinski definition) is 3. The molecule has 1 aromatic heterocycles.